The van der Waals surface area contributed by atoms with E-state index in [4.69, 9.17) is 22.3 Å². The molecule has 168 valence electrons. The zero-order valence-corrected chi connectivity index (χ0v) is 18.9. The summed E-state index contributed by atoms with van der Waals surface area (Å²) in [6.45, 7) is 3.85. The molecule has 0 bridgehead atoms. The highest BCUT2D eigenvalue weighted by atomic mass is 35.5. The Balaban J connectivity index is 1.64. The van der Waals surface area contributed by atoms with Gasteiger partial charge in [0.25, 0.3) is 0 Å². The Labute approximate surface area is 194 Å². The van der Waals surface area contributed by atoms with Crippen LogP contribution in [0, 0.1) is 0 Å². The quantitative estimate of drug-likeness (QED) is 0.411. The number of phenols is 1. The zero-order chi connectivity index (χ0) is 23.3. The third-order valence-electron chi connectivity index (χ3n) is 6.09. The molecule has 9 nitrogen and oxygen atoms in total. The molecular formula is C23H22ClN7O2. The summed E-state index contributed by atoms with van der Waals surface area (Å²) < 4.78 is 1.89. The number of aryl methyl sites for hydroxylation is 1. The van der Waals surface area contributed by atoms with Gasteiger partial charge >= 0.3 is 0 Å². The number of phenolic OH excluding ortho intramolecular Hbond substituents is 1. The van der Waals surface area contributed by atoms with Gasteiger partial charge in [-0.05, 0) is 37.5 Å². The lowest BCUT2D eigenvalue weighted by molar-refractivity contribution is -0.119. The van der Waals surface area contributed by atoms with Crippen LogP contribution in [0.5, 0.6) is 5.75 Å². The number of aromatic hydroxyl groups is 1. The summed E-state index contributed by atoms with van der Waals surface area (Å²) in [5, 5.41) is 12.8. The number of imidazole rings is 1. The molecule has 0 fully saturated rings. The number of nitrogen functional groups attached to an aromatic ring is 1. The topological polar surface area (TPSA) is 131 Å². The predicted molar refractivity (Wildman–Crippen MR) is 125 cm³/mol. The third-order valence-corrected chi connectivity index (χ3v) is 6.39. The molecule has 1 aliphatic heterocycles. The first-order chi connectivity index (χ1) is 15.8. The van der Waals surface area contributed by atoms with E-state index in [-0.39, 0.29) is 22.5 Å². The number of unbranched alkanes of at least 4 members (excludes halogenated alkanes) is 1. The van der Waals surface area contributed by atoms with Crippen molar-refractivity contribution >= 4 is 34.8 Å². The molecule has 3 aromatic heterocycles. The van der Waals surface area contributed by atoms with Crippen molar-refractivity contribution in [2.24, 2.45) is 0 Å². The predicted octanol–water partition coefficient (Wildman–Crippen LogP) is 3.73. The average Bonchev–Trinajstić information content (AvgIpc) is 3.37. The molecule has 1 aliphatic rings. The maximum Gasteiger partial charge on any atom is 0.240 e. The first-order valence-corrected chi connectivity index (χ1v) is 11.0. The number of halogens is 1. The molecule has 5 rings (SSSR count). The molecule has 33 heavy (non-hydrogen) atoms. The third kappa shape index (κ3) is 3.27. The van der Waals surface area contributed by atoms with Gasteiger partial charge in [0.15, 0.2) is 11.5 Å². The summed E-state index contributed by atoms with van der Waals surface area (Å²) in [6, 6.07) is 4.63. The molecule has 4 heterocycles. The highest BCUT2D eigenvalue weighted by Crippen LogP contribution is 2.46. The Bertz CT molecular complexity index is 1420. The van der Waals surface area contributed by atoms with Crippen molar-refractivity contribution in [3.05, 3.63) is 58.6 Å². The molecule has 1 aromatic carbocycles. The van der Waals surface area contributed by atoms with E-state index in [2.05, 4.69) is 27.2 Å². The Morgan fingerprint density at radius 3 is 2.85 bits per heavy atom. The van der Waals surface area contributed by atoms with Gasteiger partial charge < -0.3 is 20.6 Å². The van der Waals surface area contributed by atoms with Crippen LogP contribution in [0.15, 0.2) is 36.8 Å². The van der Waals surface area contributed by atoms with Crippen LogP contribution < -0.4 is 11.1 Å². The summed E-state index contributed by atoms with van der Waals surface area (Å²) in [5.74, 6) is 0.438. The van der Waals surface area contributed by atoms with E-state index in [1.54, 1.807) is 31.5 Å². The van der Waals surface area contributed by atoms with Crippen LogP contribution >= 0.6 is 11.6 Å². The molecule has 10 heteroatoms. The zero-order valence-electron chi connectivity index (χ0n) is 18.1. The second kappa shape index (κ2) is 7.70. The van der Waals surface area contributed by atoms with Crippen molar-refractivity contribution in [1.29, 1.82) is 0 Å². The molecule has 4 aromatic rings. The van der Waals surface area contributed by atoms with Gasteiger partial charge in [0, 0.05) is 18.6 Å². The van der Waals surface area contributed by atoms with Gasteiger partial charge in [0.2, 0.25) is 5.91 Å². The minimum absolute atomic E-state index is 0.0675. The standard InChI is InChI=1S/C23H22ClN7O2/c1-3-4-5-14-21-26-8-9-31(21)11-15(27-14)19-28-18(25)17-20(29-19)30-22(33)23(17,2)12-6-7-16(32)13(24)10-12/h6-11,32H,3-5H2,1-2H3,(H3,25,28,29,30,33)/t23-/m1/s1. The lowest BCUT2D eigenvalue weighted by atomic mass is 9.77. The number of carbonyl (C=O) groups is 1. The number of carbonyl (C=O) groups excluding carboxylic acids is 1. The van der Waals surface area contributed by atoms with Crippen molar-refractivity contribution in [2.45, 2.75) is 38.5 Å². The van der Waals surface area contributed by atoms with Gasteiger partial charge in [-0.1, -0.05) is 31.0 Å². The van der Waals surface area contributed by atoms with E-state index in [1.807, 2.05) is 10.6 Å². The minimum atomic E-state index is -1.16. The summed E-state index contributed by atoms with van der Waals surface area (Å²) in [4.78, 5) is 31.4. The van der Waals surface area contributed by atoms with E-state index >= 15 is 0 Å². The summed E-state index contributed by atoms with van der Waals surface area (Å²) in [7, 11) is 0. The van der Waals surface area contributed by atoms with Crippen LogP contribution in [-0.4, -0.2) is 35.4 Å². The molecule has 0 aliphatic carbocycles. The smallest absolute Gasteiger partial charge is 0.240 e. The number of aromatic nitrogens is 5. The van der Waals surface area contributed by atoms with Crippen molar-refractivity contribution < 1.29 is 9.90 Å². The molecule has 0 saturated carbocycles. The van der Waals surface area contributed by atoms with E-state index in [9.17, 15) is 9.90 Å². The average molecular weight is 464 g/mol. The number of nitrogens with two attached hydrogens (primary N) is 1. The normalized spacial score (nSPS) is 17.4. The molecule has 4 N–H and O–H groups in total. The van der Waals surface area contributed by atoms with Crippen molar-refractivity contribution in [1.82, 2.24) is 24.3 Å². The van der Waals surface area contributed by atoms with Crippen LogP contribution in [-0.2, 0) is 16.6 Å². The Morgan fingerprint density at radius 1 is 1.27 bits per heavy atom. The van der Waals surface area contributed by atoms with E-state index < -0.39 is 5.41 Å². The molecule has 1 atom stereocenters. The van der Waals surface area contributed by atoms with Gasteiger partial charge in [-0.15, -0.1) is 0 Å². The molecular weight excluding hydrogens is 442 g/mol. The molecule has 0 radical (unpaired) electrons. The lowest BCUT2D eigenvalue weighted by Crippen LogP contribution is -2.33. The van der Waals surface area contributed by atoms with E-state index in [0.717, 1.165) is 30.6 Å². The summed E-state index contributed by atoms with van der Waals surface area (Å²) in [6.07, 6.45) is 8.17. The maximum absolute atomic E-state index is 13.1. The number of fused-ring (bicyclic) bond motifs is 2. The van der Waals surface area contributed by atoms with Crippen molar-refractivity contribution in [3.63, 3.8) is 0 Å². The van der Waals surface area contributed by atoms with Crippen LogP contribution in [0.4, 0.5) is 11.6 Å². The summed E-state index contributed by atoms with van der Waals surface area (Å²) >= 11 is 6.10. The van der Waals surface area contributed by atoms with Crippen LogP contribution in [0.1, 0.15) is 43.5 Å². The number of nitrogens with zero attached hydrogens (tertiary/aromatic N) is 5. The fourth-order valence-electron chi connectivity index (χ4n) is 4.23. The van der Waals surface area contributed by atoms with E-state index in [1.165, 1.54) is 6.07 Å². The monoisotopic (exact) mass is 463 g/mol. The van der Waals surface area contributed by atoms with Gasteiger partial charge in [0.1, 0.15) is 28.5 Å². The van der Waals surface area contributed by atoms with Crippen LogP contribution in [0.3, 0.4) is 0 Å². The van der Waals surface area contributed by atoms with Gasteiger partial charge in [-0.3, -0.25) is 4.79 Å². The van der Waals surface area contributed by atoms with Crippen molar-refractivity contribution in [2.75, 3.05) is 11.1 Å². The number of anilines is 2. The summed E-state index contributed by atoms with van der Waals surface area (Å²) in [5.41, 5.74) is 8.46. The van der Waals surface area contributed by atoms with Crippen LogP contribution in [0.25, 0.3) is 17.2 Å². The Hall–Kier alpha value is -3.72. The molecule has 1 amide bonds. The number of amides is 1. The highest BCUT2D eigenvalue weighted by molar-refractivity contribution is 6.32. The van der Waals surface area contributed by atoms with Crippen molar-refractivity contribution in [3.8, 4) is 17.3 Å². The number of hydrogen-bond donors (Lipinski definition) is 3. The molecule has 0 unspecified atom stereocenters. The fourth-order valence-corrected chi connectivity index (χ4v) is 4.41. The largest absolute Gasteiger partial charge is 0.506 e. The number of rotatable bonds is 5. The van der Waals surface area contributed by atoms with Gasteiger partial charge in [0.05, 0.1) is 16.3 Å². The minimum Gasteiger partial charge on any atom is -0.506 e. The Morgan fingerprint density at radius 2 is 2.09 bits per heavy atom. The van der Waals surface area contributed by atoms with Crippen LogP contribution in [0.2, 0.25) is 5.02 Å². The second-order valence-electron chi connectivity index (χ2n) is 8.24. The maximum atomic E-state index is 13.1. The lowest BCUT2D eigenvalue weighted by Gasteiger charge is -2.23. The van der Waals surface area contributed by atoms with Gasteiger partial charge in [-0.25, -0.2) is 19.9 Å². The highest BCUT2D eigenvalue weighted by Gasteiger charge is 2.47. The SMILES string of the molecule is CCCCc1nc(-c2nc(N)c3c(n2)NC(=O)[C@]3(C)c2ccc(O)c(Cl)c2)cn2ccnc12. The second-order valence-corrected chi connectivity index (χ2v) is 8.64. The van der Waals surface area contributed by atoms with E-state index in [0.29, 0.717) is 28.5 Å². The number of hydrogen-bond acceptors (Lipinski definition) is 7. The Kier molecular flexibility index (Phi) is 4.93. The number of benzene rings is 1. The first kappa shape index (κ1) is 21.1. The number of nitrogens with one attached hydrogen (secondary N) is 1. The molecule has 0 spiro atoms. The molecule has 0 saturated heterocycles. The first-order valence-electron chi connectivity index (χ1n) is 10.6. The van der Waals surface area contributed by atoms with Gasteiger partial charge in [-0.2, -0.15) is 0 Å². The fraction of sp³-hybridized carbons (Fsp3) is 0.261.